The fourth-order valence-corrected chi connectivity index (χ4v) is 2.37. The smallest absolute Gasteiger partial charge is 0.322 e. The number of anilines is 1. The lowest BCUT2D eigenvalue weighted by molar-refractivity contribution is -0.0530. The number of urea groups is 1. The molecule has 0 bridgehead atoms. The number of ether oxygens (including phenoxy) is 1. The van der Waals surface area contributed by atoms with Crippen LogP contribution in [0.4, 0.5) is 10.5 Å². The first kappa shape index (κ1) is 13.9. The first-order valence-corrected chi connectivity index (χ1v) is 6.74. The number of aryl methyl sites for hydroxylation is 2. The quantitative estimate of drug-likeness (QED) is 0.845. The van der Waals surface area contributed by atoms with Gasteiger partial charge in [-0.2, -0.15) is 0 Å². The SMILES string of the molecule is Cc1ccc(NC(=O)N2CC(C)OC(C)C2)cc1C. The van der Waals surface area contributed by atoms with E-state index in [-0.39, 0.29) is 18.2 Å². The molecule has 2 atom stereocenters. The van der Waals surface area contributed by atoms with Gasteiger partial charge < -0.3 is 15.0 Å². The third kappa shape index (κ3) is 3.47. The molecule has 1 heterocycles. The summed E-state index contributed by atoms with van der Waals surface area (Å²) in [6, 6.07) is 5.91. The van der Waals surface area contributed by atoms with Gasteiger partial charge >= 0.3 is 6.03 Å². The Balaban J connectivity index is 2.02. The van der Waals surface area contributed by atoms with Crippen molar-refractivity contribution in [1.29, 1.82) is 0 Å². The number of amides is 2. The van der Waals surface area contributed by atoms with Gasteiger partial charge in [-0.1, -0.05) is 6.07 Å². The molecule has 4 heteroatoms. The highest BCUT2D eigenvalue weighted by Gasteiger charge is 2.25. The Morgan fingerprint density at radius 2 is 1.84 bits per heavy atom. The van der Waals surface area contributed by atoms with Crippen LogP contribution >= 0.6 is 0 Å². The van der Waals surface area contributed by atoms with E-state index in [9.17, 15) is 4.79 Å². The van der Waals surface area contributed by atoms with E-state index >= 15 is 0 Å². The van der Waals surface area contributed by atoms with Gasteiger partial charge in [0.25, 0.3) is 0 Å². The molecule has 2 unspecified atom stereocenters. The zero-order valence-electron chi connectivity index (χ0n) is 12.1. The van der Waals surface area contributed by atoms with Crippen LogP contribution < -0.4 is 5.32 Å². The van der Waals surface area contributed by atoms with E-state index in [1.54, 1.807) is 0 Å². The van der Waals surface area contributed by atoms with E-state index in [4.69, 9.17) is 4.74 Å². The first-order valence-electron chi connectivity index (χ1n) is 6.74. The molecule has 104 valence electrons. The van der Waals surface area contributed by atoms with Crippen LogP contribution in [0.1, 0.15) is 25.0 Å². The van der Waals surface area contributed by atoms with Gasteiger partial charge in [0, 0.05) is 18.8 Å². The lowest BCUT2D eigenvalue weighted by atomic mass is 10.1. The summed E-state index contributed by atoms with van der Waals surface area (Å²) in [5, 5.41) is 2.95. The molecule has 1 aromatic rings. The van der Waals surface area contributed by atoms with Gasteiger partial charge in [0.2, 0.25) is 0 Å². The molecule has 1 aromatic carbocycles. The van der Waals surface area contributed by atoms with Crippen LogP contribution in [0.5, 0.6) is 0 Å². The second-order valence-corrected chi connectivity index (χ2v) is 5.39. The molecule has 0 radical (unpaired) electrons. The number of rotatable bonds is 1. The van der Waals surface area contributed by atoms with Gasteiger partial charge in [-0.3, -0.25) is 0 Å². The summed E-state index contributed by atoms with van der Waals surface area (Å²) in [6.45, 7) is 9.37. The van der Waals surface area contributed by atoms with Crippen molar-refractivity contribution in [3.63, 3.8) is 0 Å². The third-order valence-electron chi connectivity index (χ3n) is 3.47. The molecule has 0 saturated carbocycles. The molecule has 0 aliphatic carbocycles. The average Bonchev–Trinajstić information content (AvgIpc) is 2.32. The second-order valence-electron chi connectivity index (χ2n) is 5.39. The van der Waals surface area contributed by atoms with Crippen LogP contribution in [0.15, 0.2) is 18.2 Å². The van der Waals surface area contributed by atoms with E-state index in [0.29, 0.717) is 13.1 Å². The van der Waals surface area contributed by atoms with Crippen LogP contribution in [0.2, 0.25) is 0 Å². The van der Waals surface area contributed by atoms with Gasteiger partial charge in [-0.15, -0.1) is 0 Å². The van der Waals surface area contributed by atoms with Crippen LogP contribution in [-0.2, 0) is 4.74 Å². The highest BCUT2D eigenvalue weighted by Crippen LogP contribution is 2.16. The minimum absolute atomic E-state index is 0.0507. The summed E-state index contributed by atoms with van der Waals surface area (Å²) < 4.78 is 5.63. The Morgan fingerprint density at radius 1 is 1.21 bits per heavy atom. The van der Waals surface area contributed by atoms with Gasteiger partial charge in [0.15, 0.2) is 0 Å². The van der Waals surface area contributed by atoms with E-state index in [1.165, 1.54) is 11.1 Å². The van der Waals surface area contributed by atoms with Crippen molar-refractivity contribution in [2.75, 3.05) is 18.4 Å². The highest BCUT2D eigenvalue weighted by molar-refractivity contribution is 5.89. The number of nitrogens with one attached hydrogen (secondary N) is 1. The maximum Gasteiger partial charge on any atom is 0.322 e. The summed E-state index contributed by atoms with van der Waals surface area (Å²) in [7, 11) is 0. The van der Waals surface area contributed by atoms with E-state index in [1.807, 2.05) is 43.9 Å². The maximum absolute atomic E-state index is 12.2. The zero-order chi connectivity index (χ0) is 14.0. The fourth-order valence-electron chi connectivity index (χ4n) is 2.37. The fraction of sp³-hybridized carbons (Fsp3) is 0.533. The summed E-state index contributed by atoms with van der Waals surface area (Å²) in [5.74, 6) is 0. The molecule has 0 spiro atoms. The number of carbonyl (C=O) groups is 1. The van der Waals surface area contributed by atoms with Crippen molar-refractivity contribution in [2.24, 2.45) is 0 Å². The van der Waals surface area contributed by atoms with Crippen LogP contribution in [0.25, 0.3) is 0 Å². The molecule has 1 aliphatic rings. The van der Waals surface area contributed by atoms with Gasteiger partial charge in [0.05, 0.1) is 12.2 Å². The van der Waals surface area contributed by atoms with E-state index in [0.717, 1.165) is 5.69 Å². The second kappa shape index (κ2) is 5.61. The van der Waals surface area contributed by atoms with Crippen LogP contribution in [0, 0.1) is 13.8 Å². The molecule has 4 nitrogen and oxygen atoms in total. The van der Waals surface area contributed by atoms with E-state index < -0.39 is 0 Å². The molecule has 1 aliphatic heterocycles. The minimum Gasteiger partial charge on any atom is -0.372 e. The number of hydrogen-bond acceptors (Lipinski definition) is 2. The van der Waals surface area contributed by atoms with Crippen molar-refractivity contribution in [3.05, 3.63) is 29.3 Å². The molecule has 0 aromatic heterocycles. The molecule has 1 N–H and O–H groups in total. The number of nitrogens with zero attached hydrogens (tertiary/aromatic N) is 1. The lowest BCUT2D eigenvalue weighted by Crippen LogP contribution is -2.49. The third-order valence-corrected chi connectivity index (χ3v) is 3.47. The largest absolute Gasteiger partial charge is 0.372 e. The summed E-state index contributed by atoms with van der Waals surface area (Å²) in [6.07, 6.45) is 0.184. The van der Waals surface area contributed by atoms with Crippen molar-refractivity contribution >= 4 is 11.7 Å². The van der Waals surface area contributed by atoms with Gasteiger partial charge in [-0.25, -0.2) is 4.79 Å². The Bertz CT molecular complexity index is 463. The Kier molecular flexibility index (Phi) is 4.10. The predicted octanol–water partition coefficient (Wildman–Crippen LogP) is 2.94. The van der Waals surface area contributed by atoms with Gasteiger partial charge in [0.1, 0.15) is 0 Å². The zero-order valence-corrected chi connectivity index (χ0v) is 12.1. The maximum atomic E-state index is 12.2. The highest BCUT2D eigenvalue weighted by atomic mass is 16.5. The lowest BCUT2D eigenvalue weighted by Gasteiger charge is -2.35. The van der Waals surface area contributed by atoms with Crippen molar-refractivity contribution in [3.8, 4) is 0 Å². The monoisotopic (exact) mass is 262 g/mol. The Hall–Kier alpha value is -1.55. The average molecular weight is 262 g/mol. The minimum atomic E-state index is -0.0507. The van der Waals surface area contributed by atoms with Crippen molar-refractivity contribution in [2.45, 2.75) is 39.9 Å². The summed E-state index contributed by atoms with van der Waals surface area (Å²) >= 11 is 0. The van der Waals surface area contributed by atoms with Crippen molar-refractivity contribution in [1.82, 2.24) is 4.90 Å². The number of hydrogen-bond donors (Lipinski definition) is 1. The molecule has 19 heavy (non-hydrogen) atoms. The van der Waals surface area contributed by atoms with Crippen molar-refractivity contribution < 1.29 is 9.53 Å². The van der Waals surface area contributed by atoms with Crippen LogP contribution in [0.3, 0.4) is 0 Å². The Labute approximate surface area is 114 Å². The van der Waals surface area contributed by atoms with Gasteiger partial charge in [-0.05, 0) is 51.0 Å². The Morgan fingerprint density at radius 3 is 2.42 bits per heavy atom. The summed E-state index contributed by atoms with van der Waals surface area (Å²) in [4.78, 5) is 14.0. The number of carbonyl (C=O) groups excluding carboxylic acids is 1. The van der Waals surface area contributed by atoms with E-state index in [2.05, 4.69) is 12.2 Å². The van der Waals surface area contributed by atoms with Crippen LogP contribution in [-0.4, -0.2) is 36.2 Å². The topological polar surface area (TPSA) is 41.6 Å². The number of morpholine rings is 1. The normalized spacial score (nSPS) is 23.3. The predicted molar refractivity (Wildman–Crippen MR) is 76.5 cm³/mol. The molecule has 1 saturated heterocycles. The number of benzene rings is 1. The molecule has 2 amide bonds. The molecule has 2 rings (SSSR count). The first-order chi connectivity index (χ1) is 8.95. The standard InChI is InChI=1S/C15H22N2O2/c1-10-5-6-14(7-11(10)2)16-15(18)17-8-12(3)19-13(4)9-17/h5-7,12-13H,8-9H2,1-4H3,(H,16,18). The molecular formula is C15H22N2O2. The molecule has 1 fully saturated rings. The molecular weight excluding hydrogens is 240 g/mol. The summed E-state index contributed by atoms with van der Waals surface area (Å²) in [5.41, 5.74) is 3.26.